The first-order valence-electron chi connectivity index (χ1n) is 11.1. The minimum Gasteiger partial charge on any atom is -0.490 e. The predicted octanol–water partition coefficient (Wildman–Crippen LogP) is 4.09. The number of para-hydroxylation sites is 1. The van der Waals surface area contributed by atoms with Gasteiger partial charge in [-0.25, -0.2) is 9.18 Å². The topological polar surface area (TPSA) is 78.6 Å². The maximum atomic E-state index is 14.0. The molecular formula is C26H23FN4O4. The summed E-state index contributed by atoms with van der Waals surface area (Å²) in [4.78, 5) is 31.6. The molecule has 35 heavy (non-hydrogen) atoms. The van der Waals surface area contributed by atoms with Gasteiger partial charge in [-0.3, -0.25) is 18.9 Å². The first-order valence-corrected chi connectivity index (χ1v) is 11.1. The quantitative estimate of drug-likeness (QED) is 0.394. The Hall–Kier alpha value is -4.40. The number of pyridine rings is 1. The van der Waals surface area contributed by atoms with E-state index in [1.54, 1.807) is 62.8 Å². The molecule has 1 amide bonds. The number of halogens is 1. The maximum absolute atomic E-state index is 14.0. The van der Waals surface area contributed by atoms with Crippen molar-refractivity contribution in [3.8, 4) is 22.9 Å². The zero-order valence-electron chi connectivity index (χ0n) is 19.1. The lowest BCUT2D eigenvalue weighted by Gasteiger charge is -2.15. The monoisotopic (exact) mass is 474 g/mol. The van der Waals surface area contributed by atoms with E-state index in [0.717, 1.165) is 5.52 Å². The van der Waals surface area contributed by atoms with Crippen LogP contribution in [0.15, 0.2) is 78.4 Å². The number of imidazole rings is 1. The lowest BCUT2D eigenvalue weighted by atomic mass is 10.2. The van der Waals surface area contributed by atoms with Crippen molar-refractivity contribution in [3.05, 3.63) is 89.9 Å². The molecule has 9 heteroatoms. The summed E-state index contributed by atoms with van der Waals surface area (Å²) in [6.45, 7) is 4.56. The summed E-state index contributed by atoms with van der Waals surface area (Å²) < 4.78 is 28.2. The van der Waals surface area contributed by atoms with E-state index >= 15 is 0 Å². The van der Waals surface area contributed by atoms with Gasteiger partial charge in [-0.15, -0.1) is 0 Å². The third-order valence-corrected chi connectivity index (χ3v) is 6.15. The number of rotatable bonds is 6. The highest BCUT2D eigenvalue weighted by atomic mass is 19.1. The molecule has 1 atom stereocenters. The summed E-state index contributed by atoms with van der Waals surface area (Å²) in [5.74, 6) is 0.0627. The van der Waals surface area contributed by atoms with Crippen LogP contribution in [0.5, 0.6) is 17.2 Å². The molecule has 0 saturated carbocycles. The molecule has 0 radical (unpaired) electrons. The van der Waals surface area contributed by atoms with Crippen LogP contribution in [-0.2, 0) is 4.79 Å². The van der Waals surface area contributed by atoms with Gasteiger partial charge in [-0.2, -0.15) is 0 Å². The van der Waals surface area contributed by atoms with Crippen molar-refractivity contribution in [2.45, 2.75) is 12.5 Å². The molecule has 1 aliphatic rings. The van der Waals surface area contributed by atoms with Gasteiger partial charge in [-0.05, 0) is 55.0 Å². The number of carbonyl (C=O) groups excluding carboxylic acids is 1. The van der Waals surface area contributed by atoms with Crippen LogP contribution in [0.4, 0.5) is 4.39 Å². The van der Waals surface area contributed by atoms with Gasteiger partial charge in [0, 0.05) is 19.3 Å². The fourth-order valence-corrected chi connectivity index (χ4v) is 4.51. The van der Waals surface area contributed by atoms with Gasteiger partial charge in [0.15, 0.2) is 17.3 Å². The molecule has 1 saturated heterocycles. The number of hydrogen-bond donors (Lipinski definition) is 0. The van der Waals surface area contributed by atoms with E-state index in [2.05, 4.69) is 11.6 Å². The van der Waals surface area contributed by atoms with Gasteiger partial charge in [0.2, 0.25) is 5.91 Å². The molecule has 4 aromatic rings. The largest absolute Gasteiger partial charge is 0.490 e. The highest BCUT2D eigenvalue weighted by molar-refractivity contribution is 5.87. The number of benzene rings is 2. The van der Waals surface area contributed by atoms with E-state index in [-0.39, 0.29) is 29.1 Å². The minimum absolute atomic E-state index is 0.0162. The number of nitrogens with zero attached hydrogens (tertiary/aromatic N) is 4. The average molecular weight is 474 g/mol. The van der Waals surface area contributed by atoms with Crippen LogP contribution < -0.4 is 15.2 Å². The number of methoxy groups -OCH3 is 1. The van der Waals surface area contributed by atoms with E-state index < -0.39 is 5.82 Å². The number of aromatic nitrogens is 3. The maximum Gasteiger partial charge on any atom is 0.334 e. The van der Waals surface area contributed by atoms with Gasteiger partial charge in [-0.1, -0.05) is 12.6 Å². The molecule has 5 rings (SSSR count). The molecule has 0 N–H and O–H groups in total. The molecule has 8 nitrogen and oxygen atoms in total. The summed E-state index contributed by atoms with van der Waals surface area (Å²) >= 11 is 0. The van der Waals surface area contributed by atoms with Gasteiger partial charge in [0.1, 0.15) is 5.75 Å². The molecule has 0 aliphatic carbocycles. The Balaban J connectivity index is 1.50. The zero-order valence-corrected chi connectivity index (χ0v) is 19.1. The van der Waals surface area contributed by atoms with Gasteiger partial charge in [0.25, 0.3) is 0 Å². The first-order chi connectivity index (χ1) is 17.0. The number of likely N-dealkylation sites (tertiary alicyclic amines) is 1. The number of fused-ring (bicyclic) bond motifs is 1. The second-order valence-corrected chi connectivity index (χ2v) is 8.15. The molecule has 1 aliphatic heterocycles. The Labute approximate surface area is 200 Å². The van der Waals surface area contributed by atoms with E-state index in [1.165, 1.54) is 25.3 Å². The smallest absolute Gasteiger partial charge is 0.334 e. The molecule has 1 unspecified atom stereocenters. The molecule has 1 fully saturated rings. The van der Waals surface area contributed by atoms with Crippen LogP contribution in [0.3, 0.4) is 0 Å². The minimum atomic E-state index is -0.520. The van der Waals surface area contributed by atoms with Crippen LogP contribution in [0, 0.1) is 5.82 Å². The fourth-order valence-electron chi connectivity index (χ4n) is 4.51. The van der Waals surface area contributed by atoms with Crippen LogP contribution in [0.25, 0.3) is 16.7 Å². The summed E-state index contributed by atoms with van der Waals surface area (Å²) in [5.41, 5.74) is 1.81. The Morgan fingerprint density at radius 2 is 1.97 bits per heavy atom. The molecule has 0 bridgehead atoms. The Kier molecular flexibility index (Phi) is 5.82. The number of ether oxygens (including phenoxy) is 2. The summed E-state index contributed by atoms with van der Waals surface area (Å²) in [6.07, 6.45) is 5.26. The second-order valence-electron chi connectivity index (χ2n) is 8.15. The van der Waals surface area contributed by atoms with E-state index in [1.807, 2.05) is 0 Å². The highest BCUT2D eigenvalue weighted by Crippen LogP contribution is 2.34. The molecule has 0 spiro atoms. The normalized spacial score (nSPS) is 15.4. The number of amides is 1. The van der Waals surface area contributed by atoms with Crippen molar-refractivity contribution in [2.24, 2.45) is 0 Å². The first kappa shape index (κ1) is 22.4. The fraction of sp³-hybridized carbons (Fsp3) is 0.192. The molecule has 2 aromatic heterocycles. The highest BCUT2D eigenvalue weighted by Gasteiger charge is 2.30. The van der Waals surface area contributed by atoms with Crippen molar-refractivity contribution in [1.82, 2.24) is 19.0 Å². The molecule has 3 heterocycles. The zero-order chi connectivity index (χ0) is 24.5. The lowest BCUT2D eigenvalue weighted by Crippen LogP contribution is -2.31. The van der Waals surface area contributed by atoms with Crippen LogP contribution in [-0.4, -0.2) is 45.1 Å². The van der Waals surface area contributed by atoms with E-state index in [9.17, 15) is 14.0 Å². The summed E-state index contributed by atoms with van der Waals surface area (Å²) in [6, 6.07) is 13.0. The number of hydrogen-bond acceptors (Lipinski definition) is 5. The van der Waals surface area contributed by atoms with Crippen molar-refractivity contribution in [2.75, 3.05) is 20.2 Å². The van der Waals surface area contributed by atoms with Crippen LogP contribution >= 0.6 is 0 Å². The number of carbonyl (C=O) groups is 1. The van der Waals surface area contributed by atoms with E-state index in [0.29, 0.717) is 36.5 Å². The average Bonchev–Trinajstić information content (AvgIpc) is 3.46. The predicted molar refractivity (Wildman–Crippen MR) is 129 cm³/mol. The van der Waals surface area contributed by atoms with Gasteiger partial charge >= 0.3 is 5.69 Å². The van der Waals surface area contributed by atoms with Gasteiger partial charge in [0.05, 0.1) is 36.1 Å². The lowest BCUT2D eigenvalue weighted by molar-refractivity contribution is -0.125. The second kappa shape index (κ2) is 9.09. The standard InChI is InChI=1S/C26H23FN4O4/c1-3-24(32)29-14-12-18(16-29)31-21-11-13-28-15-22(21)30(26(31)33)17-7-9-19(10-8-17)35-23-6-4-5-20(27)25(23)34-2/h3-11,13,15,18H,1,12,14,16H2,2H3. The van der Waals surface area contributed by atoms with Crippen LogP contribution in [0.2, 0.25) is 0 Å². The van der Waals surface area contributed by atoms with Crippen molar-refractivity contribution in [3.63, 3.8) is 0 Å². The van der Waals surface area contributed by atoms with Gasteiger partial charge < -0.3 is 14.4 Å². The van der Waals surface area contributed by atoms with Crippen molar-refractivity contribution < 1.29 is 18.7 Å². The SMILES string of the molecule is C=CC(=O)N1CCC(n2c(=O)n(-c3ccc(Oc4cccc(F)c4OC)cc3)c3cnccc32)C1. The summed E-state index contributed by atoms with van der Waals surface area (Å²) in [5, 5.41) is 0. The Morgan fingerprint density at radius 3 is 2.71 bits per heavy atom. The Bertz CT molecular complexity index is 1480. The summed E-state index contributed by atoms with van der Waals surface area (Å²) in [7, 11) is 1.38. The molecule has 2 aromatic carbocycles. The Morgan fingerprint density at radius 1 is 1.17 bits per heavy atom. The van der Waals surface area contributed by atoms with Crippen LogP contribution in [0.1, 0.15) is 12.5 Å². The third kappa shape index (κ3) is 3.95. The molecular weight excluding hydrogens is 451 g/mol. The third-order valence-electron chi connectivity index (χ3n) is 6.15. The molecule has 178 valence electrons. The van der Waals surface area contributed by atoms with Crippen molar-refractivity contribution >= 4 is 16.9 Å². The van der Waals surface area contributed by atoms with E-state index in [4.69, 9.17) is 9.47 Å². The van der Waals surface area contributed by atoms with Crippen molar-refractivity contribution in [1.29, 1.82) is 0 Å².